The van der Waals surface area contributed by atoms with Gasteiger partial charge < -0.3 is 0 Å². The Kier molecular flexibility index (Phi) is 5.55. The van der Waals surface area contributed by atoms with Crippen molar-refractivity contribution in [3.63, 3.8) is 0 Å². The van der Waals surface area contributed by atoms with Crippen molar-refractivity contribution in [3.05, 3.63) is 0 Å². The molecule has 1 heterocycles. The Hall–Kier alpha value is 0.516. The Morgan fingerprint density at radius 1 is 1.21 bits per heavy atom. The Morgan fingerprint density at radius 3 is 2.57 bits per heavy atom. The molecule has 14 heavy (non-hydrogen) atoms. The van der Waals surface area contributed by atoms with Crippen LogP contribution in [-0.4, -0.2) is 82.8 Å². The predicted molar refractivity (Wildman–Crippen MR) is 63.9 cm³/mol. The zero-order valence-corrected chi connectivity index (χ0v) is 12.6. The SMILES string of the molecule is CN(C)CC[CH2][Ga]1[CH2]N(C)CC[N]1C. The van der Waals surface area contributed by atoms with Gasteiger partial charge in [-0.25, -0.2) is 0 Å². The first-order chi connectivity index (χ1) is 6.59. The second-order valence-electron chi connectivity index (χ2n) is 4.84. The first kappa shape index (κ1) is 12.6. The summed E-state index contributed by atoms with van der Waals surface area (Å²) in [6, 6.07) is 0. The van der Waals surface area contributed by atoms with Gasteiger partial charge in [0.1, 0.15) is 0 Å². The van der Waals surface area contributed by atoms with Gasteiger partial charge in [0, 0.05) is 0 Å². The molecule has 1 rings (SSSR count). The molecule has 1 aliphatic rings. The summed E-state index contributed by atoms with van der Waals surface area (Å²) < 4.78 is 2.70. The van der Waals surface area contributed by atoms with Crippen LogP contribution < -0.4 is 0 Å². The average Bonchev–Trinajstić information content (AvgIpc) is 2.10. The van der Waals surface area contributed by atoms with Crippen LogP contribution >= 0.6 is 0 Å². The maximum absolute atomic E-state index is 2.70. The van der Waals surface area contributed by atoms with Crippen molar-refractivity contribution in [3.8, 4) is 0 Å². The van der Waals surface area contributed by atoms with Crippen molar-refractivity contribution in [1.29, 1.82) is 0 Å². The quantitative estimate of drug-likeness (QED) is 0.672. The van der Waals surface area contributed by atoms with E-state index in [2.05, 4.69) is 41.6 Å². The van der Waals surface area contributed by atoms with Crippen LogP contribution in [0.1, 0.15) is 6.42 Å². The Morgan fingerprint density at radius 2 is 1.93 bits per heavy atom. The molecule has 0 amide bonds. The third kappa shape index (κ3) is 4.36. The van der Waals surface area contributed by atoms with E-state index in [0.29, 0.717) is 0 Å². The van der Waals surface area contributed by atoms with Gasteiger partial charge in [0.25, 0.3) is 0 Å². The normalized spacial score (nSPS) is 20.8. The monoisotopic (exact) mass is 255 g/mol. The minimum absolute atomic E-state index is 1.09. The number of rotatable bonds is 4. The molecule has 1 fully saturated rings. The van der Waals surface area contributed by atoms with Crippen LogP contribution in [0.2, 0.25) is 4.98 Å². The van der Waals surface area contributed by atoms with E-state index in [1.54, 1.807) is 0 Å². The van der Waals surface area contributed by atoms with Gasteiger partial charge in [0.2, 0.25) is 0 Å². The second kappa shape index (κ2) is 6.18. The molecule has 0 radical (unpaired) electrons. The first-order valence-corrected chi connectivity index (χ1v) is 10.1. The van der Waals surface area contributed by atoms with Gasteiger partial charge >= 0.3 is 94.2 Å². The van der Waals surface area contributed by atoms with Gasteiger partial charge in [-0.1, -0.05) is 0 Å². The van der Waals surface area contributed by atoms with Crippen LogP contribution in [0.25, 0.3) is 0 Å². The van der Waals surface area contributed by atoms with Crippen LogP contribution in [0.4, 0.5) is 0 Å². The molecule has 0 unspecified atom stereocenters. The third-order valence-electron chi connectivity index (χ3n) is 3.12. The number of hydrogen-bond donors (Lipinski definition) is 0. The fourth-order valence-electron chi connectivity index (χ4n) is 2.06. The van der Waals surface area contributed by atoms with Crippen molar-refractivity contribution in [1.82, 2.24) is 13.4 Å². The number of nitrogens with zero attached hydrogens (tertiary/aromatic N) is 3. The van der Waals surface area contributed by atoms with Crippen molar-refractivity contribution in [2.45, 2.75) is 11.4 Å². The fourth-order valence-corrected chi connectivity index (χ4v) is 8.22. The third-order valence-corrected chi connectivity index (χ3v) is 10.7. The molecule has 0 aromatic rings. The summed E-state index contributed by atoms with van der Waals surface area (Å²) in [6.07, 6.45) is 1.40. The van der Waals surface area contributed by atoms with Crippen LogP contribution in [0.5, 0.6) is 0 Å². The molecular formula is C10H24GaN3. The molecule has 1 saturated heterocycles. The predicted octanol–water partition coefficient (Wildman–Crippen LogP) is 0.346. The zero-order chi connectivity index (χ0) is 10.6. The van der Waals surface area contributed by atoms with E-state index in [9.17, 15) is 0 Å². The van der Waals surface area contributed by atoms with Gasteiger partial charge in [-0.15, -0.1) is 0 Å². The van der Waals surface area contributed by atoms with E-state index < -0.39 is 16.5 Å². The van der Waals surface area contributed by atoms with E-state index in [1.165, 1.54) is 36.1 Å². The van der Waals surface area contributed by atoms with Gasteiger partial charge in [-0.2, -0.15) is 0 Å². The van der Waals surface area contributed by atoms with E-state index in [-0.39, 0.29) is 0 Å². The van der Waals surface area contributed by atoms with Crippen molar-refractivity contribution < 1.29 is 0 Å². The first-order valence-electron chi connectivity index (χ1n) is 5.63. The van der Waals surface area contributed by atoms with Crippen LogP contribution in [0, 0.1) is 0 Å². The molecule has 3 nitrogen and oxygen atoms in total. The topological polar surface area (TPSA) is 9.72 Å². The van der Waals surface area contributed by atoms with Gasteiger partial charge in [-0.3, -0.25) is 0 Å². The second-order valence-corrected chi connectivity index (χ2v) is 11.4. The molecule has 0 spiro atoms. The Labute approximate surface area is 94.3 Å². The molecule has 4 heteroatoms. The van der Waals surface area contributed by atoms with E-state index in [1.807, 2.05) is 0 Å². The molecule has 82 valence electrons. The molecule has 0 atom stereocenters. The molecular weight excluding hydrogens is 232 g/mol. The Balaban J connectivity index is 2.20. The van der Waals surface area contributed by atoms with Gasteiger partial charge in [0.05, 0.1) is 0 Å². The maximum atomic E-state index is 2.70. The van der Waals surface area contributed by atoms with Crippen molar-refractivity contribution in [2.24, 2.45) is 0 Å². The summed E-state index contributed by atoms with van der Waals surface area (Å²) in [7, 11) is 8.96. The Bertz CT molecular complexity index is 163. The van der Waals surface area contributed by atoms with E-state index in [0.717, 1.165) is 0 Å². The summed E-state index contributed by atoms with van der Waals surface area (Å²) in [5, 5.41) is 1.43. The summed E-state index contributed by atoms with van der Waals surface area (Å²) in [6.45, 7) is 3.84. The molecule has 0 saturated carbocycles. The van der Waals surface area contributed by atoms with Crippen LogP contribution in [0.15, 0.2) is 0 Å². The zero-order valence-electron chi connectivity index (χ0n) is 10.2. The molecule has 0 aliphatic carbocycles. The van der Waals surface area contributed by atoms with Crippen LogP contribution in [0.3, 0.4) is 0 Å². The minimum atomic E-state index is -1.09. The van der Waals surface area contributed by atoms with Gasteiger partial charge in [0.15, 0.2) is 0 Å². The van der Waals surface area contributed by atoms with Crippen molar-refractivity contribution in [2.75, 3.05) is 52.9 Å². The molecule has 0 N–H and O–H groups in total. The standard InChI is InChI=1S/C5H12N2.C5H12N.Ga/c1-6-4-5-7(2)3;1-4-5-6(2)3;/h2,4-5H2,1,3H3;1,4-5H2,2-3H3;/q-1;;+1. The molecule has 0 aromatic carbocycles. The summed E-state index contributed by atoms with van der Waals surface area (Å²) in [5.41, 5.74) is 0. The fraction of sp³-hybridized carbons (Fsp3) is 1.00. The molecule has 0 aromatic heterocycles. The van der Waals surface area contributed by atoms with Crippen molar-refractivity contribution >= 4 is 16.5 Å². The van der Waals surface area contributed by atoms with E-state index in [4.69, 9.17) is 0 Å². The summed E-state index contributed by atoms with van der Waals surface area (Å²) in [5.74, 6) is 0. The number of likely N-dealkylation sites (N-methyl/N-ethyl adjacent to an activating group) is 2. The van der Waals surface area contributed by atoms with Crippen LogP contribution in [-0.2, 0) is 0 Å². The molecule has 0 bridgehead atoms. The summed E-state index contributed by atoms with van der Waals surface area (Å²) in [4.78, 5) is 6.35. The van der Waals surface area contributed by atoms with Gasteiger partial charge in [-0.05, 0) is 0 Å². The average molecular weight is 256 g/mol. The number of hydrogen-bond acceptors (Lipinski definition) is 3. The molecule has 1 aliphatic heterocycles. The summed E-state index contributed by atoms with van der Waals surface area (Å²) >= 11 is -1.09. The van der Waals surface area contributed by atoms with E-state index >= 15 is 0 Å².